The molecule has 1 heterocycles. The van der Waals surface area contributed by atoms with Crippen molar-refractivity contribution in [2.45, 2.75) is 122 Å². The molecule has 4 rings (SSSR count). The molecule has 0 spiro atoms. The van der Waals surface area contributed by atoms with Crippen molar-refractivity contribution in [1.29, 1.82) is 0 Å². The summed E-state index contributed by atoms with van der Waals surface area (Å²) in [6, 6.07) is 8.13. The van der Waals surface area contributed by atoms with Crippen LogP contribution in [0.5, 0.6) is 0 Å². The van der Waals surface area contributed by atoms with Crippen LogP contribution in [0, 0.1) is 5.92 Å². The predicted molar refractivity (Wildman–Crippen MR) is 176 cm³/mol. The number of rotatable bonds is 16. The van der Waals surface area contributed by atoms with E-state index in [9.17, 15) is 4.79 Å². The standard InChI is InChI=1S/C33H55N5O4Si/c1-23(2)21-37(27-12-14-28(40-4)15-13-27)30-16-11-26(24(3)19-31(39)41-5)20-29(30)34-33-35-32(25-9-10-25)36-38(33)22-42-17-18-43(6,7)8/h11,16,20,23-25,27-28H,9-10,12-15,17-19,21-22H2,1-8H3,(H,34,35,36)/t24-,27?,28?/m1/s1. The average Bonchev–Trinajstić information content (AvgIpc) is 3.75. The molecule has 0 aliphatic heterocycles. The molecule has 0 saturated heterocycles. The summed E-state index contributed by atoms with van der Waals surface area (Å²) in [5.41, 5.74) is 3.23. The Kier molecular flexibility index (Phi) is 11.7. The number of hydrogen-bond acceptors (Lipinski definition) is 8. The molecule has 10 heteroatoms. The summed E-state index contributed by atoms with van der Waals surface area (Å²) < 4.78 is 18.7. The Bertz CT molecular complexity index is 1180. The van der Waals surface area contributed by atoms with Crippen molar-refractivity contribution in [2.24, 2.45) is 5.92 Å². The highest BCUT2D eigenvalue weighted by atomic mass is 28.3. The van der Waals surface area contributed by atoms with E-state index in [0.717, 1.165) is 80.5 Å². The van der Waals surface area contributed by atoms with Crippen LogP contribution in [0.25, 0.3) is 0 Å². The van der Waals surface area contributed by atoms with Gasteiger partial charge in [0.05, 0.1) is 31.0 Å². The third-order valence-corrected chi connectivity index (χ3v) is 10.4. The highest BCUT2D eigenvalue weighted by molar-refractivity contribution is 6.76. The SMILES string of the molecule is COC(=O)C[C@@H](C)c1ccc(N(CC(C)C)C2CCC(OC)CC2)c(Nc2nc(C3CC3)nn2COCC[Si](C)(C)C)c1. The number of anilines is 3. The Morgan fingerprint density at radius 2 is 1.81 bits per heavy atom. The van der Waals surface area contributed by atoms with Crippen LogP contribution in [0.2, 0.25) is 25.7 Å². The molecule has 2 saturated carbocycles. The third-order valence-electron chi connectivity index (χ3n) is 8.67. The number of esters is 1. The second kappa shape index (κ2) is 15.0. The maximum absolute atomic E-state index is 12.1. The lowest BCUT2D eigenvalue weighted by atomic mass is 9.90. The predicted octanol–water partition coefficient (Wildman–Crippen LogP) is 7.30. The van der Waals surface area contributed by atoms with E-state index >= 15 is 0 Å². The maximum atomic E-state index is 12.1. The molecule has 2 fully saturated rings. The zero-order valence-corrected chi connectivity index (χ0v) is 28.8. The lowest BCUT2D eigenvalue weighted by Crippen LogP contribution is -2.41. The van der Waals surface area contributed by atoms with Crippen LogP contribution in [-0.4, -0.2) is 68.3 Å². The highest BCUT2D eigenvalue weighted by Crippen LogP contribution is 2.40. The van der Waals surface area contributed by atoms with E-state index in [1.54, 1.807) is 0 Å². The Hall–Kier alpha value is -2.43. The fourth-order valence-electron chi connectivity index (χ4n) is 5.80. The van der Waals surface area contributed by atoms with Gasteiger partial charge in [0.25, 0.3) is 0 Å². The first-order valence-corrected chi connectivity index (χ1v) is 20.0. The van der Waals surface area contributed by atoms with Gasteiger partial charge in [-0.2, -0.15) is 10.1 Å². The van der Waals surface area contributed by atoms with Crippen LogP contribution in [0.4, 0.5) is 17.3 Å². The minimum Gasteiger partial charge on any atom is -0.469 e. The van der Waals surface area contributed by atoms with Crippen molar-refractivity contribution >= 4 is 31.4 Å². The second-order valence-electron chi connectivity index (χ2n) is 14.2. The molecule has 2 aliphatic carbocycles. The van der Waals surface area contributed by atoms with E-state index in [0.29, 0.717) is 43.1 Å². The minimum atomic E-state index is -1.19. The molecule has 0 amide bonds. The van der Waals surface area contributed by atoms with Gasteiger partial charge in [0.2, 0.25) is 5.95 Å². The van der Waals surface area contributed by atoms with Crippen molar-refractivity contribution in [2.75, 3.05) is 37.6 Å². The molecule has 1 aromatic heterocycles. The van der Waals surface area contributed by atoms with Crippen LogP contribution < -0.4 is 10.2 Å². The Morgan fingerprint density at radius 3 is 2.42 bits per heavy atom. The van der Waals surface area contributed by atoms with Gasteiger partial charge in [-0.3, -0.25) is 4.79 Å². The number of benzene rings is 1. The number of hydrogen-bond donors (Lipinski definition) is 1. The number of aromatic nitrogens is 3. The average molecular weight is 614 g/mol. The number of ether oxygens (including phenoxy) is 3. The van der Waals surface area contributed by atoms with Crippen molar-refractivity contribution in [3.63, 3.8) is 0 Å². The fourth-order valence-corrected chi connectivity index (χ4v) is 6.56. The molecule has 43 heavy (non-hydrogen) atoms. The monoisotopic (exact) mass is 613 g/mol. The van der Waals surface area contributed by atoms with Gasteiger partial charge in [-0.05, 0) is 74.1 Å². The summed E-state index contributed by atoms with van der Waals surface area (Å²) in [5, 5.41) is 8.59. The largest absolute Gasteiger partial charge is 0.469 e. The van der Waals surface area contributed by atoms with Crippen LogP contribution in [-0.2, 0) is 25.7 Å². The highest BCUT2D eigenvalue weighted by Gasteiger charge is 2.31. The zero-order valence-electron chi connectivity index (χ0n) is 27.8. The first-order chi connectivity index (χ1) is 20.5. The number of nitrogens with zero attached hydrogens (tertiary/aromatic N) is 4. The third kappa shape index (κ3) is 9.78. The van der Waals surface area contributed by atoms with Crippen LogP contribution in [0.3, 0.4) is 0 Å². The summed E-state index contributed by atoms with van der Waals surface area (Å²) in [6.07, 6.45) is 7.28. The number of carbonyl (C=O) groups is 1. The summed E-state index contributed by atoms with van der Waals surface area (Å²) in [7, 11) is 2.08. The van der Waals surface area contributed by atoms with Crippen LogP contribution >= 0.6 is 0 Å². The van der Waals surface area contributed by atoms with Crippen molar-refractivity contribution < 1.29 is 19.0 Å². The maximum Gasteiger partial charge on any atom is 0.306 e. The molecule has 1 N–H and O–H groups in total. The lowest BCUT2D eigenvalue weighted by molar-refractivity contribution is -0.140. The molecule has 240 valence electrons. The normalized spacial score (nSPS) is 19.8. The van der Waals surface area contributed by atoms with Gasteiger partial charge < -0.3 is 24.4 Å². The smallest absolute Gasteiger partial charge is 0.306 e. The van der Waals surface area contributed by atoms with Gasteiger partial charge in [-0.1, -0.05) is 46.5 Å². The van der Waals surface area contributed by atoms with Gasteiger partial charge in [0, 0.05) is 40.3 Å². The summed E-state index contributed by atoms with van der Waals surface area (Å²) in [6.45, 7) is 15.8. The molecule has 2 aliphatic rings. The number of methoxy groups -OCH3 is 2. The van der Waals surface area contributed by atoms with Crippen molar-refractivity contribution in [3.05, 3.63) is 29.6 Å². The first kappa shape index (κ1) is 33.5. The molecule has 0 radical (unpaired) electrons. The van der Waals surface area contributed by atoms with E-state index in [2.05, 4.69) is 68.8 Å². The molecule has 0 bridgehead atoms. The molecule has 1 atom stereocenters. The molecule has 9 nitrogen and oxygen atoms in total. The van der Waals surface area contributed by atoms with Crippen LogP contribution in [0.15, 0.2) is 18.2 Å². The van der Waals surface area contributed by atoms with E-state index in [1.165, 1.54) is 7.11 Å². The molecule has 0 unspecified atom stereocenters. The quantitative estimate of drug-likeness (QED) is 0.120. The summed E-state index contributed by atoms with van der Waals surface area (Å²) in [4.78, 5) is 19.7. The van der Waals surface area contributed by atoms with Crippen molar-refractivity contribution in [3.8, 4) is 0 Å². The molecular weight excluding hydrogens is 558 g/mol. The minimum absolute atomic E-state index is 0.0162. The zero-order chi connectivity index (χ0) is 31.1. The second-order valence-corrected chi connectivity index (χ2v) is 19.8. The van der Waals surface area contributed by atoms with Gasteiger partial charge in [-0.15, -0.1) is 0 Å². The number of nitrogens with one attached hydrogen (secondary N) is 1. The van der Waals surface area contributed by atoms with Gasteiger partial charge in [-0.25, -0.2) is 4.68 Å². The van der Waals surface area contributed by atoms with Gasteiger partial charge >= 0.3 is 5.97 Å². The van der Waals surface area contributed by atoms with Crippen molar-refractivity contribution in [1.82, 2.24) is 14.8 Å². The van der Waals surface area contributed by atoms with E-state index in [4.69, 9.17) is 24.3 Å². The van der Waals surface area contributed by atoms with Gasteiger partial charge in [0.1, 0.15) is 6.73 Å². The Morgan fingerprint density at radius 1 is 1.09 bits per heavy atom. The lowest BCUT2D eigenvalue weighted by Gasteiger charge is -2.40. The topological polar surface area (TPSA) is 90.7 Å². The van der Waals surface area contributed by atoms with Crippen LogP contribution in [0.1, 0.15) is 88.9 Å². The molecule has 1 aromatic carbocycles. The van der Waals surface area contributed by atoms with Gasteiger partial charge in [0.15, 0.2) is 5.82 Å². The Labute approximate surface area is 260 Å². The number of carbonyl (C=O) groups excluding carboxylic acids is 1. The summed E-state index contributed by atoms with van der Waals surface area (Å²) >= 11 is 0. The first-order valence-electron chi connectivity index (χ1n) is 16.3. The summed E-state index contributed by atoms with van der Waals surface area (Å²) in [5.74, 6) is 2.35. The molecule has 2 aromatic rings. The van der Waals surface area contributed by atoms with E-state index in [-0.39, 0.29) is 11.9 Å². The molecular formula is C33H55N5O4Si. The van der Waals surface area contributed by atoms with E-state index in [1.807, 2.05) is 11.8 Å². The Balaban J connectivity index is 1.67. The fraction of sp³-hybridized carbons (Fsp3) is 0.727. The van der Waals surface area contributed by atoms with E-state index < -0.39 is 8.07 Å².